The van der Waals surface area contributed by atoms with Gasteiger partial charge in [-0.2, -0.15) is 0 Å². The van der Waals surface area contributed by atoms with Gasteiger partial charge >= 0.3 is 0 Å². The summed E-state index contributed by atoms with van der Waals surface area (Å²) in [5.41, 5.74) is 11.8. The van der Waals surface area contributed by atoms with Crippen LogP contribution in [0.2, 0.25) is 0 Å². The second-order valence-corrected chi connectivity index (χ2v) is 12.7. The maximum atomic E-state index is 13.3. The monoisotopic (exact) mass is 751 g/mol. The first-order valence-corrected chi connectivity index (χ1v) is 17.3. The molecule has 0 aromatic heterocycles. The highest BCUT2D eigenvalue weighted by Crippen LogP contribution is 2.07. The molecule has 1 saturated heterocycles. The first kappa shape index (κ1) is 44.4. The number of rotatable bonds is 14. The maximum Gasteiger partial charge on any atom is 0.245 e. The third-order valence-corrected chi connectivity index (χ3v) is 8.40. The number of carbonyl (C=O) groups is 7. The molecule has 1 aliphatic rings. The zero-order valence-electron chi connectivity index (χ0n) is 29.6. The van der Waals surface area contributed by atoms with Gasteiger partial charge in [0.05, 0.1) is 25.9 Å². The van der Waals surface area contributed by atoms with E-state index in [1.807, 2.05) is 0 Å². The lowest BCUT2D eigenvalue weighted by Gasteiger charge is -2.28. The lowest BCUT2D eigenvalue weighted by Crippen LogP contribution is -2.61. The Balaban J connectivity index is 2.22. The van der Waals surface area contributed by atoms with Crippen molar-refractivity contribution in [2.45, 2.75) is 93.8 Å². The number of aliphatic hydroxyl groups excluding tert-OH is 4. The first-order chi connectivity index (χ1) is 25.2. The van der Waals surface area contributed by atoms with E-state index < -0.39 is 110 Å². The lowest BCUT2D eigenvalue weighted by atomic mass is 10.0. The summed E-state index contributed by atoms with van der Waals surface area (Å²) in [6.07, 6.45) is -0.791. The summed E-state index contributed by atoms with van der Waals surface area (Å²) in [5.74, 6) is -5.79. The molecule has 20 heteroatoms. The zero-order chi connectivity index (χ0) is 39.5. The number of amides is 7. The van der Waals surface area contributed by atoms with Crippen molar-refractivity contribution >= 4 is 41.4 Å². The molecule has 15 N–H and O–H groups in total. The fraction of sp³-hybridized carbons (Fsp3) is 0.606. The van der Waals surface area contributed by atoms with Crippen LogP contribution in [-0.2, 0) is 40.0 Å². The van der Waals surface area contributed by atoms with Gasteiger partial charge in [-0.25, -0.2) is 0 Å². The van der Waals surface area contributed by atoms with Crippen molar-refractivity contribution in [3.8, 4) is 0 Å². The van der Waals surface area contributed by atoms with Crippen LogP contribution in [0.4, 0.5) is 0 Å². The average Bonchev–Trinajstić information content (AvgIpc) is 3.13. The molecule has 1 fully saturated rings. The van der Waals surface area contributed by atoms with Gasteiger partial charge in [0, 0.05) is 32.0 Å². The van der Waals surface area contributed by atoms with E-state index in [0.29, 0.717) is 12.8 Å². The van der Waals surface area contributed by atoms with Gasteiger partial charge in [-0.15, -0.1) is 0 Å². The van der Waals surface area contributed by atoms with Gasteiger partial charge in [0.15, 0.2) is 0 Å². The van der Waals surface area contributed by atoms with Crippen LogP contribution in [0.25, 0.3) is 0 Å². The van der Waals surface area contributed by atoms with Crippen molar-refractivity contribution in [1.82, 2.24) is 37.2 Å². The Bertz CT molecular complexity index is 1390. The molecule has 8 unspecified atom stereocenters. The maximum absolute atomic E-state index is 13.3. The molecule has 0 spiro atoms. The average molecular weight is 752 g/mol. The molecule has 0 saturated carbocycles. The highest BCUT2D eigenvalue weighted by molar-refractivity contribution is 5.95. The molecular formula is C33H53N9O11. The van der Waals surface area contributed by atoms with Crippen LogP contribution in [0.15, 0.2) is 30.3 Å². The van der Waals surface area contributed by atoms with Gasteiger partial charge in [0.25, 0.3) is 0 Å². The molecule has 0 radical (unpaired) electrons. The summed E-state index contributed by atoms with van der Waals surface area (Å²) in [4.78, 5) is 89.8. The van der Waals surface area contributed by atoms with E-state index in [1.165, 1.54) is 6.92 Å². The minimum atomic E-state index is -1.68. The van der Waals surface area contributed by atoms with Gasteiger partial charge in [0.2, 0.25) is 41.4 Å². The minimum absolute atomic E-state index is 0.0951. The zero-order valence-corrected chi connectivity index (χ0v) is 29.6. The quantitative estimate of drug-likeness (QED) is 0.0843. The van der Waals surface area contributed by atoms with Crippen molar-refractivity contribution in [1.29, 1.82) is 0 Å². The molecule has 0 aliphatic carbocycles. The third kappa shape index (κ3) is 15.4. The fourth-order valence-electron chi connectivity index (χ4n) is 5.25. The van der Waals surface area contributed by atoms with E-state index in [2.05, 4.69) is 37.2 Å². The van der Waals surface area contributed by atoms with E-state index >= 15 is 0 Å². The minimum Gasteiger partial charge on any atom is -0.394 e. The Labute approximate surface area is 306 Å². The Morgan fingerprint density at radius 1 is 0.887 bits per heavy atom. The molecule has 1 aromatic rings. The topological polar surface area (TPSA) is 337 Å². The molecule has 1 aliphatic heterocycles. The molecule has 0 bridgehead atoms. The molecule has 8 atom stereocenters. The van der Waals surface area contributed by atoms with Crippen LogP contribution in [0, 0.1) is 0 Å². The summed E-state index contributed by atoms with van der Waals surface area (Å²) in [7, 11) is 0. The van der Waals surface area contributed by atoms with Crippen LogP contribution in [-0.4, -0.2) is 143 Å². The predicted molar refractivity (Wildman–Crippen MR) is 188 cm³/mol. The number of carbonyl (C=O) groups excluding carboxylic acids is 7. The van der Waals surface area contributed by atoms with Crippen LogP contribution < -0.4 is 48.7 Å². The summed E-state index contributed by atoms with van der Waals surface area (Å²) in [6.45, 7) is -1.03. The van der Waals surface area contributed by atoms with Crippen LogP contribution >= 0.6 is 0 Å². The second kappa shape index (κ2) is 23.0. The molecule has 1 heterocycles. The van der Waals surface area contributed by atoms with Crippen molar-refractivity contribution in [3.05, 3.63) is 35.9 Å². The highest BCUT2D eigenvalue weighted by Gasteiger charge is 2.34. The van der Waals surface area contributed by atoms with Crippen LogP contribution in [0.5, 0.6) is 0 Å². The molecular weight excluding hydrogens is 698 g/mol. The number of benzene rings is 1. The van der Waals surface area contributed by atoms with Crippen molar-refractivity contribution in [3.63, 3.8) is 0 Å². The molecule has 53 heavy (non-hydrogen) atoms. The summed E-state index contributed by atoms with van der Waals surface area (Å²) in [5, 5.41) is 57.2. The van der Waals surface area contributed by atoms with E-state index in [1.54, 1.807) is 30.3 Å². The Morgan fingerprint density at radius 3 is 2.19 bits per heavy atom. The number of primary amides is 1. The van der Waals surface area contributed by atoms with Gasteiger partial charge in [-0.3, -0.25) is 33.6 Å². The normalized spacial score (nSPS) is 23.3. The molecule has 2 rings (SSSR count). The van der Waals surface area contributed by atoms with Crippen LogP contribution in [0.3, 0.4) is 0 Å². The number of hydrogen-bond acceptors (Lipinski definition) is 13. The third-order valence-electron chi connectivity index (χ3n) is 8.40. The van der Waals surface area contributed by atoms with E-state index in [-0.39, 0.29) is 38.8 Å². The summed E-state index contributed by atoms with van der Waals surface area (Å²) < 4.78 is 0. The lowest BCUT2D eigenvalue weighted by molar-refractivity contribution is -0.136. The Kier molecular flexibility index (Phi) is 19.3. The molecule has 20 nitrogen and oxygen atoms in total. The van der Waals surface area contributed by atoms with E-state index in [9.17, 15) is 54.0 Å². The number of nitrogens with two attached hydrogens (primary N) is 2. The SMILES string of the molecule is CC(O)C1NC(=O)C(NC(=O)C(N)CO)CCC(=O)NCCCCC(CNC(CO)C(=O)NC(Cc2ccccc2)C(N)=O)NC(=O)C(CO)NC1=O. The Morgan fingerprint density at radius 2 is 1.58 bits per heavy atom. The van der Waals surface area contributed by atoms with Gasteiger partial charge in [0.1, 0.15) is 36.3 Å². The van der Waals surface area contributed by atoms with Gasteiger partial charge < -0.3 is 69.1 Å². The predicted octanol–water partition coefficient (Wildman–Crippen LogP) is -6.14. The van der Waals surface area contributed by atoms with Crippen molar-refractivity contribution in [2.75, 3.05) is 32.9 Å². The number of aliphatic hydroxyl groups is 4. The van der Waals surface area contributed by atoms with E-state index in [0.717, 1.165) is 5.56 Å². The first-order valence-electron chi connectivity index (χ1n) is 17.3. The summed E-state index contributed by atoms with van der Waals surface area (Å²) >= 11 is 0. The van der Waals surface area contributed by atoms with Gasteiger partial charge in [-0.1, -0.05) is 30.3 Å². The van der Waals surface area contributed by atoms with Crippen molar-refractivity contribution in [2.24, 2.45) is 11.5 Å². The molecule has 1 aromatic carbocycles. The molecule has 296 valence electrons. The van der Waals surface area contributed by atoms with E-state index in [4.69, 9.17) is 11.5 Å². The van der Waals surface area contributed by atoms with Gasteiger partial charge in [-0.05, 0) is 38.2 Å². The smallest absolute Gasteiger partial charge is 0.245 e. The number of nitrogens with one attached hydrogen (secondary N) is 7. The fourth-order valence-corrected chi connectivity index (χ4v) is 5.25. The highest BCUT2D eigenvalue weighted by atomic mass is 16.3. The van der Waals surface area contributed by atoms with Crippen LogP contribution in [0.1, 0.15) is 44.6 Å². The Hall–Kier alpha value is -4.73. The molecule has 7 amide bonds. The largest absolute Gasteiger partial charge is 0.394 e. The number of hydrogen-bond donors (Lipinski definition) is 13. The summed E-state index contributed by atoms with van der Waals surface area (Å²) in [6, 6.07) is -0.250. The second-order valence-electron chi connectivity index (χ2n) is 12.7. The standard InChI is InChI=1S/C33H53N9O11/c1-18(46)27-33(53)41-25(17-45)32(52)38-20(14-37-24(16-44)31(51)40-23(28(35)48)13-19-7-3-2-4-8-19)9-5-6-12-36-26(47)11-10-22(30(50)42-27)39-29(49)21(34)15-43/h2-4,7-8,18,20-25,27,37,43-46H,5-6,9-17,34H2,1H3,(H2,35,48)(H,36,47)(H,38,52)(H,39,49)(H,40,51)(H,41,53)(H,42,50). The van der Waals surface area contributed by atoms with Crippen molar-refractivity contribution < 1.29 is 54.0 Å².